The number of alkyl halides is 2. The third kappa shape index (κ3) is 6.06. The summed E-state index contributed by atoms with van der Waals surface area (Å²) in [6.07, 6.45) is -8.20. The zero-order valence-corrected chi connectivity index (χ0v) is 17.3. The quantitative estimate of drug-likeness (QED) is 0.123. The molecular formula is C17H30F2N3O10+. The average molecular weight is 474 g/mol. The monoisotopic (exact) mass is 474 g/mol. The van der Waals surface area contributed by atoms with Crippen molar-refractivity contribution in [1.29, 1.82) is 0 Å². The number of rotatable bonds is 12. The molecule has 13 nitrogen and oxygen atoms in total. The van der Waals surface area contributed by atoms with Crippen LogP contribution in [0.15, 0.2) is 0 Å². The van der Waals surface area contributed by atoms with Crippen molar-refractivity contribution in [2.75, 3.05) is 13.2 Å². The summed E-state index contributed by atoms with van der Waals surface area (Å²) in [6, 6.07) is -1.92. The van der Waals surface area contributed by atoms with Crippen molar-refractivity contribution in [2.45, 2.75) is 74.4 Å². The molecule has 0 saturated carbocycles. The van der Waals surface area contributed by atoms with Gasteiger partial charge in [-0.25, -0.2) is 0 Å². The molecule has 186 valence electrons. The number of aliphatic hydroxyl groups excluding tert-OH is 4. The number of amides is 2. The minimum Gasteiger partial charge on any atom is -0.480 e. The van der Waals surface area contributed by atoms with E-state index in [1.807, 2.05) is 5.32 Å². The van der Waals surface area contributed by atoms with Gasteiger partial charge in [0.25, 0.3) is 17.6 Å². The first-order valence-electron chi connectivity index (χ1n) is 9.78. The molecular weight excluding hydrogens is 444 g/mol. The van der Waals surface area contributed by atoms with Gasteiger partial charge in [0.15, 0.2) is 6.04 Å². The zero-order chi connectivity index (χ0) is 24.9. The van der Waals surface area contributed by atoms with Crippen LogP contribution < -0.4 is 16.4 Å². The first-order chi connectivity index (χ1) is 14.7. The number of carboxylic acids is 1. The van der Waals surface area contributed by atoms with Crippen LogP contribution in [0.1, 0.15) is 26.2 Å². The highest BCUT2D eigenvalue weighted by molar-refractivity contribution is 5.85. The number of ether oxygens (including phenoxy) is 1. The van der Waals surface area contributed by atoms with Crippen LogP contribution in [0, 0.1) is 0 Å². The van der Waals surface area contributed by atoms with E-state index in [0.717, 1.165) is 0 Å². The van der Waals surface area contributed by atoms with Gasteiger partial charge in [-0.15, -0.1) is 0 Å². The van der Waals surface area contributed by atoms with E-state index < -0.39 is 72.6 Å². The van der Waals surface area contributed by atoms with E-state index in [0.29, 0.717) is 0 Å². The fraction of sp³-hybridized carbons (Fsp3) is 0.824. The number of aliphatic hydroxyl groups is 5. The summed E-state index contributed by atoms with van der Waals surface area (Å²) >= 11 is 0. The lowest BCUT2D eigenvalue weighted by Gasteiger charge is -2.33. The molecule has 0 aromatic heterocycles. The van der Waals surface area contributed by atoms with Gasteiger partial charge < -0.3 is 51.7 Å². The SMILES string of the molecule is C[C@H](NC(=O)[C@@H]([NH3+])CCCCNC(=O)C(F)(F)[C@]1(O)O[C@@H](C(O)CO)[C@H](O)[C@H]1O)C(=O)O. The maximum absolute atomic E-state index is 14.5. The molecule has 11 N–H and O–H groups in total. The van der Waals surface area contributed by atoms with E-state index >= 15 is 0 Å². The Morgan fingerprint density at radius 1 is 1.25 bits per heavy atom. The Morgan fingerprint density at radius 2 is 1.84 bits per heavy atom. The molecule has 0 spiro atoms. The molecule has 0 aliphatic carbocycles. The van der Waals surface area contributed by atoms with Gasteiger partial charge in [0.1, 0.15) is 30.5 Å². The van der Waals surface area contributed by atoms with Crippen LogP contribution in [0.4, 0.5) is 8.78 Å². The molecule has 0 aromatic carbocycles. The Morgan fingerprint density at radius 3 is 2.38 bits per heavy atom. The summed E-state index contributed by atoms with van der Waals surface area (Å²) in [5, 5.41) is 60.7. The number of aliphatic carboxylic acids is 1. The number of halogens is 2. The normalized spacial score (nSPS) is 28.6. The number of unbranched alkanes of at least 4 members (excludes halogenated alkanes) is 1. The molecule has 15 heteroatoms. The minimum atomic E-state index is -4.74. The fourth-order valence-corrected chi connectivity index (χ4v) is 2.94. The van der Waals surface area contributed by atoms with Crippen molar-refractivity contribution >= 4 is 17.8 Å². The summed E-state index contributed by atoms with van der Waals surface area (Å²) in [7, 11) is 0. The summed E-state index contributed by atoms with van der Waals surface area (Å²) in [6.45, 7) is -0.0676. The van der Waals surface area contributed by atoms with Gasteiger partial charge in [0, 0.05) is 13.0 Å². The largest absolute Gasteiger partial charge is 0.480 e. The molecule has 1 unspecified atom stereocenters. The van der Waals surface area contributed by atoms with Gasteiger partial charge in [0.2, 0.25) is 0 Å². The third-order valence-electron chi connectivity index (χ3n) is 5.04. The number of nitrogens with one attached hydrogen (secondary N) is 2. The molecule has 1 saturated heterocycles. The Hall–Kier alpha value is -2.01. The standard InChI is InChI=1S/C17H29F2N3O10/c1-7(14(28)29)22-13(27)8(20)4-2-3-5-21-15(30)16(18,19)17(31)12(26)10(25)11(32-17)9(24)6-23/h7-12,23-26,31H,2-6,20H2,1H3,(H,21,30)(H,22,27)(H,28,29)/p+1/t7-,8-,9?,10-,11-,12+,17+/m0/s1. The first-order valence-corrected chi connectivity index (χ1v) is 9.78. The lowest BCUT2D eigenvalue weighted by Crippen LogP contribution is -2.68. The second-order valence-electron chi connectivity index (χ2n) is 7.56. The molecule has 32 heavy (non-hydrogen) atoms. The van der Waals surface area contributed by atoms with Crippen molar-refractivity contribution in [3.8, 4) is 0 Å². The number of hydrogen-bond acceptors (Lipinski definition) is 9. The lowest BCUT2D eigenvalue weighted by molar-refractivity contribution is -0.405. The Labute approximate surface area is 181 Å². The fourth-order valence-electron chi connectivity index (χ4n) is 2.94. The predicted octanol–water partition coefficient (Wildman–Crippen LogP) is -4.73. The molecule has 1 aliphatic heterocycles. The molecule has 1 rings (SSSR count). The minimum absolute atomic E-state index is 0.117. The number of carbonyl (C=O) groups is 3. The first kappa shape index (κ1) is 28.0. The molecule has 0 bridgehead atoms. The lowest BCUT2D eigenvalue weighted by atomic mass is 9.97. The number of carboxylic acid groups (broad SMARTS) is 1. The topological polar surface area (TPSA) is 234 Å². The van der Waals surface area contributed by atoms with Crippen LogP contribution in [0.3, 0.4) is 0 Å². The van der Waals surface area contributed by atoms with Crippen LogP contribution in [0.25, 0.3) is 0 Å². The summed E-state index contributed by atoms with van der Waals surface area (Å²) in [4.78, 5) is 34.4. The van der Waals surface area contributed by atoms with Gasteiger partial charge in [-0.05, 0) is 19.8 Å². The average Bonchev–Trinajstić information content (AvgIpc) is 2.97. The molecule has 7 atom stereocenters. The zero-order valence-electron chi connectivity index (χ0n) is 17.3. The summed E-state index contributed by atoms with van der Waals surface area (Å²) < 4.78 is 33.5. The molecule has 1 aliphatic rings. The van der Waals surface area contributed by atoms with E-state index in [1.54, 1.807) is 0 Å². The van der Waals surface area contributed by atoms with Crippen molar-refractivity contribution in [2.24, 2.45) is 0 Å². The predicted molar refractivity (Wildman–Crippen MR) is 98.7 cm³/mol. The molecule has 0 aromatic rings. The van der Waals surface area contributed by atoms with Crippen LogP contribution >= 0.6 is 0 Å². The van der Waals surface area contributed by atoms with Gasteiger partial charge in [-0.2, -0.15) is 8.78 Å². The highest BCUT2D eigenvalue weighted by atomic mass is 19.3. The summed E-state index contributed by atoms with van der Waals surface area (Å²) in [5.41, 5.74) is 3.58. The maximum Gasteiger partial charge on any atom is 0.379 e. The van der Waals surface area contributed by atoms with Crippen LogP contribution in [0.2, 0.25) is 0 Å². The van der Waals surface area contributed by atoms with Crippen molar-refractivity contribution < 1.29 is 64.3 Å². The Kier molecular flexibility index (Phi) is 9.83. The number of quaternary nitrogens is 1. The van der Waals surface area contributed by atoms with Gasteiger partial charge >= 0.3 is 11.9 Å². The van der Waals surface area contributed by atoms with Crippen LogP contribution in [-0.2, 0) is 19.1 Å². The molecule has 2 amide bonds. The van der Waals surface area contributed by atoms with Gasteiger partial charge in [-0.3, -0.25) is 14.4 Å². The molecule has 0 radical (unpaired) electrons. The van der Waals surface area contributed by atoms with Crippen molar-refractivity contribution in [3.05, 3.63) is 0 Å². The van der Waals surface area contributed by atoms with Crippen molar-refractivity contribution in [1.82, 2.24) is 10.6 Å². The van der Waals surface area contributed by atoms with E-state index in [9.17, 15) is 43.6 Å². The van der Waals surface area contributed by atoms with Crippen LogP contribution in [-0.4, -0.2) is 110 Å². The van der Waals surface area contributed by atoms with E-state index in [2.05, 4.69) is 15.8 Å². The summed E-state index contributed by atoms with van der Waals surface area (Å²) in [5.74, 6) is -12.4. The van der Waals surface area contributed by atoms with Gasteiger partial charge in [-0.1, -0.05) is 0 Å². The van der Waals surface area contributed by atoms with Gasteiger partial charge in [0.05, 0.1) is 6.61 Å². The maximum atomic E-state index is 14.5. The smallest absolute Gasteiger partial charge is 0.379 e. The van der Waals surface area contributed by atoms with E-state index in [1.165, 1.54) is 6.92 Å². The Balaban J connectivity index is 2.55. The van der Waals surface area contributed by atoms with Crippen LogP contribution in [0.5, 0.6) is 0 Å². The third-order valence-corrected chi connectivity index (χ3v) is 5.04. The van der Waals surface area contributed by atoms with E-state index in [-0.39, 0.29) is 25.8 Å². The Bertz CT molecular complexity index is 685. The number of carbonyl (C=O) groups excluding carboxylic acids is 2. The van der Waals surface area contributed by atoms with Crippen molar-refractivity contribution in [3.63, 3.8) is 0 Å². The highest BCUT2D eigenvalue weighted by Gasteiger charge is 2.71. The highest BCUT2D eigenvalue weighted by Crippen LogP contribution is 2.42. The second-order valence-corrected chi connectivity index (χ2v) is 7.56. The molecule has 1 heterocycles. The number of hydrogen-bond donors (Lipinski definition) is 9. The second kappa shape index (κ2) is 11.2. The molecule has 1 fully saturated rings. The van der Waals surface area contributed by atoms with E-state index in [4.69, 9.17) is 10.2 Å².